The maximum Gasteiger partial charge on any atom is 0.355 e. The predicted octanol–water partition coefficient (Wildman–Crippen LogP) is 2.40. The highest BCUT2D eigenvalue weighted by molar-refractivity contribution is 5.32. The SMILES string of the molecule is Cc1cccc([C@H](C)Nc2nc(=O)n(C3CCOCC3(C)C)c(=O)[nH]2)c1. The zero-order valence-electron chi connectivity index (χ0n) is 15.7. The summed E-state index contributed by atoms with van der Waals surface area (Å²) in [5, 5.41) is 3.11. The summed E-state index contributed by atoms with van der Waals surface area (Å²) in [6, 6.07) is 7.73. The number of ether oxygens (including phenoxy) is 1. The number of rotatable bonds is 4. The molecule has 1 unspecified atom stereocenters. The van der Waals surface area contributed by atoms with Crippen molar-refractivity contribution in [1.82, 2.24) is 14.5 Å². The average Bonchev–Trinajstić information content (AvgIpc) is 2.55. The summed E-state index contributed by atoms with van der Waals surface area (Å²) in [6.45, 7) is 9.01. The Labute approximate surface area is 152 Å². The number of benzene rings is 1. The molecule has 2 heterocycles. The van der Waals surface area contributed by atoms with E-state index in [4.69, 9.17) is 4.74 Å². The number of nitrogens with one attached hydrogen (secondary N) is 2. The lowest BCUT2D eigenvalue weighted by Crippen LogP contribution is -2.48. The summed E-state index contributed by atoms with van der Waals surface area (Å²) in [7, 11) is 0. The number of anilines is 1. The maximum atomic E-state index is 12.6. The van der Waals surface area contributed by atoms with Crippen molar-refractivity contribution in [2.45, 2.75) is 46.2 Å². The summed E-state index contributed by atoms with van der Waals surface area (Å²) in [5.74, 6) is 0.190. The molecule has 0 spiro atoms. The number of H-pyrrole nitrogens is 1. The number of hydrogen-bond acceptors (Lipinski definition) is 5. The molecule has 140 valence electrons. The molecule has 0 saturated carbocycles. The van der Waals surface area contributed by atoms with E-state index in [1.165, 1.54) is 4.57 Å². The van der Waals surface area contributed by atoms with E-state index in [1.54, 1.807) is 0 Å². The second-order valence-electron chi connectivity index (χ2n) is 7.67. The molecule has 0 radical (unpaired) electrons. The lowest BCUT2D eigenvalue weighted by atomic mass is 9.82. The van der Waals surface area contributed by atoms with Gasteiger partial charge in [-0.1, -0.05) is 43.7 Å². The molecule has 3 rings (SSSR count). The van der Waals surface area contributed by atoms with Crippen LogP contribution >= 0.6 is 0 Å². The first-order chi connectivity index (χ1) is 12.3. The van der Waals surface area contributed by atoms with Crippen LogP contribution in [0, 0.1) is 12.3 Å². The molecule has 0 bridgehead atoms. The van der Waals surface area contributed by atoms with E-state index in [2.05, 4.69) is 21.4 Å². The molecule has 26 heavy (non-hydrogen) atoms. The zero-order chi connectivity index (χ0) is 18.9. The van der Waals surface area contributed by atoms with E-state index in [9.17, 15) is 9.59 Å². The summed E-state index contributed by atoms with van der Waals surface area (Å²) in [5.41, 5.74) is 0.925. The number of aromatic nitrogens is 3. The smallest absolute Gasteiger partial charge is 0.355 e. The Morgan fingerprint density at radius 3 is 2.81 bits per heavy atom. The third-order valence-corrected chi connectivity index (χ3v) is 4.98. The minimum Gasteiger partial charge on any atom is -0.381 e. The first kappa shape index (κ1) is 18.4. The quantitative estimate of drug-likeness (QED) is 0.876. The van der Waals surface area contributed by atoms with Gasteiger partial charge < -0.3 is 10.1 Å². The first-order valence-corrected chi connectivity index (χ1v) is 8.91. The van der Waals surface area contributed by atoms with Gasteiger partial charge in [-0.15, -0.1) is 0 Å². The standard InChI is InChI=1S/C19H26N4O3/c1-12-6-5-7-14(10-12)13(2)20-16-21-17(24)23(18(25)22-16)15-8-9-26-11-19(15,3)4/h5-7,10,13,15H,8-9,11H2,1-4H3,(H2,20,21,22,24,25)/t13-,15?/m0/s1. The number of nitrogens with zero attached hydrogens (tertiary/aromatic N) is 2. The van der Waals surface area contributed by atoms with Gasteiger partial charge in [0.15, 0.2) is 0 Å². The molecular weight excluding hydrogens is 332 g/mol. The zero-order valence-corrected chi connectivity index (χ0v) is 15.7. The molecule has 2 aromatic rings. The lowest BCUT2D eigenvalue weighted by molar-refractivity contribution is -0.0283. The van der Waals surface area contributed by atoms with E-state index in [0.29, 0.717) is 19.6 Å². The van der Waals surface area contributed by atoms with E-state index in [1.807, 2.05) is 45.9 Å². The van der Waals surface area contributed by atoms with Crippen LogP contribution in [0.3, 0.4) is 0 Å². The molecule has 7 heteroatoms. The van der Waals surface area contributed by atoms with E-state index >= 15 is 0 Å². The fraction of sp³-hybridized carbons (Fsp3) is 0.526. The van der Waals surface area contributed by atoms with Gasteiger partial charge in [-0.05, 0) is 25.8 Å². The van der Waals surface area contributed by atoms with Gasteiger partial charge >= 0.3 is 11.4 Å². The molecule has 1 fully saturated rings. The normalized spacial score (nSPS) is 20.5. The van der Waals surface area contributed by atoms with Crippen molar-refractivity contribution in [1.29, 1.82) is 0 Å². The molecule has 2 N–H and O–H groups in total. The van der Waals surface area contributed by atoms with E-state index < -0.39 is 11.4 Å². The predicted molar refractivity (Wildman–Crippen MR) is 101 cm³/mol. The van der Waals surface area contributed by atoms with Gasteiger partial charge in [-0.25, -0.2) is 14.2 Å². The molecular formula is C19H26N4O3. The molecule has 0 aliphatic carbocycles. The summed E-state index contributed by atoms with van der Waals surface area (Å²) in [6.07, 6.45) is 0.615. The van der Waals surface area contributed by atoms with Gasteiger partial charge in [0.25, 0.3) is 0 Å². The van der Waals surface area contributed by atoms with Crippen LogP contribution in [-0.2, 0) is 4.74 Å². The van der Waals surface area contributed by atoms with Crippen LogP contribution in [0.4, 0.5) is 5.95 Å². The van der Waals surface area contributed by atoms with Crippen LogP contribution in [0.25, 0.3) is 0 Å². The van der Waals surface area contributed by atoms with Crippen LogP contribution in [0.1, 0.15) is 50.4 Å². The molecule has 2 atom stereocenters. The topological polar surface area (TPSA) is 89.0 Å². The van der Waals surface area contributed by atoms with Crippen molar-refractivity contribution in [2.75, 3.05) is 18.5 Å². The van der Waals surface area contributed by atoms with Gasteiger partial charge in [0.2, 0.25) is 5.95 Å². The summed E-state index contributed by atoms with van der Waals surface area (Å²) < 4.78 is 6.72. The van der Waals surface area contributed by atoms with Crippen molar-refractivity contribution >= 4 is 5.95 Å². The highest BCUT2D eigenvalue weighted by Crippen LogP contribution is 2.35. The van der Waals surface area contributed by atoms with Crippen molar-refractivity contribution < 1.29 is 4.74 Å². The van der Waals surface area contributed by atoms with Crippen LogP contribution in [0.5, 0.6) is 0 Å². The Kier molecular flexibility index (Phi) is 5.00. The molecule has 1 saturated heterocycles. The molecule has 1 aromatic carbocycles. The Hall–Kier alpha value is -2.41. The fourth-order valence-corrected chi connectivity index (χ4v) is 3.49. The molecule has 1 aliphatic rings. The monoisotopic (exact) mass is 358 g/mol. The Morgan fingerprint density at radius 2 is 2.15 bits per heavy atom. The minimum absolute atomic E-state index is 0.0900. The van der Waals surface area contributed by atoms with Gasteiger partial charge in [-0.3, -0.25) is 4.98 Å². The van der Waals surface area contributed by atoms with Crippen LogP contribution in [0.15, 0.2) is 33.9 Å². The van der Waals surface area contributed by atoms with Crippen LogP contribution < -0.4 is 16.7 Å². The summed E-state index contributed by atoms with van der Waals surface area (Å²) in [4.78, 5) is 32.0. The molecule has 0 amide bonds. The largest absolute Gasteiger partial charge is 0.381 e. The second-order valence-corrected chi connectivity index (χ2v) is 7.67. The van der Waals surface area contributed by atoms with Gasteiger partial charge in [0.1, 0.15) is 0 Å². The number of aromatic amines is 1. The second kappa shape index (κ2) is 7.07. The van der Waals surface area contributed by atoms with Crippen molar-refractivity contribution in [3.8, 4) is 0 Å². The van der Waals surface area contributed by atoms with Crippen molar-refractivity contribution in [3.63, 3.8) is 0 Å². The van der Waals surface area contributed by atoms with Crippen molar-refractivity contribution in [2.24, 2.45) is 5.41 Å². The average molecular weight is 358 g/mol. The van der Waals surface area contributed by atoms with Crippen LogP contribution in [-0.4, -0.2) is 27.7 Å². The Balaban J connectivity index is 1.88. The number of hydrogen-bond donors (Lipinski definition) is 2. The van der Waals surface area contributed by atoms with E-state index in [0.717, 1.165) is 11.1 Å². The van der Waals surface area contributed by atoms with Crippen molar-refractivity contribution in [3.05, 3.63) is 56.4 Å². The third kappa shape index (κ3) is 3.72. The Bertz CT molecular complexity index is 869. The highest BCUT2D eigenvalue weighted by atomic mass is 16.5. The first-order valence-electron chi connectivity index (χ1n) is 8.91. The van der Waals surface area contributed by atoms with Crippen LogP contribution in [0.2, 0.25) is 0 Å². The molecule has 7 nitrogen and oxygen atoms in total. The lowest BCUT2D eigenvalue weighted by Gasteiger charge is -2.38. The van der Waals surface area contributed by atoms with Gasteiger partial charge in [-0.2, -0.15) is 4.98 Å². The van der Waals surface area contributed by atoms with Gasteiger partial charge in [0.05, 0.1) is 18.7 Å². The van der Waals surface area contributed by atoms with Gasteiger partial charge in [0, 0.05) is 12.0 Å². The summed E-state index contributed by atoms with van der Waals surface area (Å²) >= 11 is 0. The highest BCUT2D eigenvalue weighted by Gasteiger charge is 2.36. The third-order valence-electron chi connectivity index (χ3n) is 4.98. The fourth-order valence-electron chi connectivity index (χ4n) is 3.49. The minimum atomic E-state index is -0.535. The van der Waals surface area contributed by atoms with E-state index in [-0.39, 0.29) is 23.4 Å². The Morgan fingerprint density at radius 1 is 1.38 bits per heavy atom. The number of aryl methyl sites for hydroxylation is 1. The molecule has 1 aromatic heterocycles. The molecule has 1 aliphatic heterocycles. The maximum absolute atomic E-state index is 12.6.